The zero-order chi connectivity index (χ0) is 14.1. The number of halogens is 1. The standard InChI is InChI=1S/C15H15ClO3/c1-19-15(18)10-9-14(17)13-7-5-12(6-8-13)4-2-3-11-16/h5-8H,3,9-11H2,1H3. The number of rotatable bonds is 5. The van der Waals surface area contributed by atoms with Gasteiger partial charge in [0.1, 0.15) is 0 Å². The quantitative estimate of drug-likeness (QED) is 0.360. The van der Waals surface area contributed by atoms with Crippen LogP contribution in [-0.4, -0.2) is 24.7 Å². The molecule has 1 aromatic carbocycles. The molecule has 19 heavy (non-hydrogen) atoms. The Morgan fingerprint density at radius 1 is 1.21 bits per heavy atom. The summed E-state index contributed by atoms with van der Waals surface area (Å²) in [6.07, 6.45) is 0.901. The van der Waals surface area contributed by atoms with Crippen LogP contribution in [0, 0.1) is 11.8 Å². The van der Waals surface area contributed by atoms with Gasteiger partial charge in [-0.3, -0.25) is 9.59 Å². The first kappa shape index (κ1) is 15.3. The van der Waals surface area contributed by atoms with Gasteiger partial charge in [0, 0.05) is 29.8 Å². The van der Waals surface area contributed by atoms with Gasteiger partial charge in [-0.1, -0.05) is 24.0 Å². The van der Waals surface area contributed by atoms with E-state index in [9.17, 15) is 9.59 Å². The molecule has 0 spiro atoms. The molecule has 0 heterocycles. The molecule has 4 heteroatoms. The maximum atomic E-state index is 11.8. The molecule has 3 nitrogen and oxygen atoms in total. The number of alkyl halides is 1. The van der Waals surface area contributed by atoms with Crippen LogP contribution in [0.5, 0.6) is 0 Å². The van der Waals surface area contributed by atoms with E-state index in [2.05, 4.69) is 16.6 Å². The van der Waals surface area contributed by atoms with E-state index in [1.165, 1.54) is 7.11 Å². The normalized spacial score (nSPS) is 9.37. The van der Waals surface area contributed by atoms with Gasteiger partial charge in [0.25, 0.3) is 0 Å². The lowest BCUT2D eigenvalue weighted by Gasteiger charge is -2.00. The Morgan fingerprint density at radius 3 is 2.47 bits per heavy atom. The Labute approximate surface area is 117 Å². The predicted octanol–water partition coefficient (Wildman–Crippen LogP) is 2.80. The molecular formula is C15H15ClO3. The zero-order valence-electron chi connectivity index (χ0n) is 10.7. The van der Waals surface area contributed by atoms with Crippen molar-refractivity contribution in [3.05, 3.63) is 35.4 Å². The number of hydrogen-bond donors (Lipinski definition) is 0. The van der Waals surface area contributed by atoms with Crippen molar-refractivity contribution in [1.29, 1.82) is 0 Å². The van der Waals surface area contributed by atoms with Crippen molar-refractivity contribution >= 4 is 23.4 Å². The van der Waals surface area contributed by atoms with E-state index in [-0.39, 0.29) is 24.6 Å². The minimum atomic E-state index is -0.378. The van der Waals surface area contributed by atoms with Crippen LogP contribution in [0.2, 0.25) is 0 Å². The second kappa shape index (κ2) is 8.34. The number of ether oxygens (including phenoxy) is 1. The molecule has 0 radical (unpaired) electrons. The van der Waals surface area contributed by atoms with E-state index < -0.39 is 0 Å². The second-order valence-electron chi connectivity index (χ2n) is 3.82. The fourth-order valence-corrected chi connectivity index (χ4v) is 1.51. The fraction of sp³-hybridized carbons (Fsp3) is 0.333. The van der Waals surface area contributed by atoms with Crippen molar-refractivity contribution in [3.63, 3.8) is 0 Å². The summed E-state index contributed by atoms with van der Waals surface area (Å²) in [6, 6.07) is 6.99. The molecule has 0 aromatic heterocycles. The topological polar surface area (TPSA) is 43.4 Å². The Bertz CT molecular complexity index is 494. The van der Waals surface area contributed by atoms with Crippen LogP contribution in [0.15, 0.2) is 24.3 Å². The van der Waals surface area contributed by atoms with Crippen molar-refractivity contribution < 1.29 is 14.3 Å². The summed E-state index contributed by atoms with van der Waals surface area (Å²) < 4.78 is 4.49. The predicted molar refractivity (Wildman–Crippen MR) is 74.2 cm³/mol. The smallest absolute Gasteiger partial charge is 0.305 e. The van der Waals surface area contributed by atoms with Crippen molar-refractivity contribution in [2.75, 3.05) is 13.0 Å². The highest BCUT2D eigenvalue weighted by molar-refractivity contribution is 6.18. The summed E-state index contributed by atoms with van der Waals surface area (Å²) in [5, 5.41) is 0. The van der Waals surface area contributed by atoms with Crippen LogP contribution in [0.25, 0.3) is 0 Å². The van der Waals surface area contributed by atoms with Gasteiger partial charge in [0.2, 0.25) is 0 Å². The highest BCUT2D eigenvalue weighted by Crippen LogP contribution is 2.08. The van der Waals surface area contributed by atoms with Gasteiger partial charge in [-0.25, -0.2) is 0 Å². The number of hydrogen-bond acceptors (Lipinski definition) is 3. The zero-order valence-corrected chi connectivity index (χ0v) is 11.5. The van der Waals surface area contributed by atoms with Gasteiger partial charge in [-0.15, -0.1) is 11.6 Å². The van der Waals surface area contributed by atoms with Crippen LogP contribution < -0.4 is 0 Å². The van der Waals surface area contributed by atoms with Crippen LogP contribution in [-0.2, 0) is 9.53 Å². The lowest BCUT2D eigenvalue weighted by molar-refractivity contribution is -0.140. The number of carbonyl (C=O) groups is 2. The molecular weight excluding hydrogens is 264 g/mol. The molecule has 0 bridgehead atoms. The molecule has 0 N–H and O–H groups in total. The van der Waals surface area contributed by atoms with E-state index in [0.29, 0.717) is 17.9 Å². The second-order valence-corrected chi connectivity index (χ2v) is 4.20. The van der Waals surface area contributed by atoms with Crippen LogP contribution in [0.1, 0.15) is 35.2 Å². The molecule has 0 fully saturated rings. The maximum Gasteiger partial charge on any atom is 0.305 e. The number of Topliss-reactive ketones (excluding diaryl/α,β-unsaturated/α-hetero) is 1. The third-order valence-corrected chi connectivity index (χ3v) is 2.63. The maximum absolute atomic E-state index is 11.8. The molecule has 0 saturated carbocycles. The molecule has 1 aromatic rings. The lowest BCUT2D eigenvalue weighted by atomic mass is 10.0. The summed E-state index contributed by atoms with van der Waals surface area (Å²) in [5.74, 6) is 5.93. The Morgan fingerprint density at radius 2 is 1.89 bits per heavy atom. The van der Waals surface area contributed by atoms with Crippen molar-refractivity contribution in [3.8, 4) is 11.8 Å². The van der Waals surface area contributed by atoms with Gasteiger partial charge in [0.05, 0.1) is 13.5 Å². The summed E-state index contributed by atoms with van der Waals surface area (Å²) in [7, 11) is 1.31. The third-order valence-electron chi connectivity index (χ3n) is 2.44. The van der Waals surface area contributed by atoms with Crippen LogP contribution in [0.4, 0.5) is 0 Å². The van der Waals surface area contributed by atoms with Crippen LogP contribution >= 0.6 is 11.6 Å². The van der Waals surface area contributed by atoms with Gasteiger partial charge in [0.15, 0.2) is 5.78 Å². The first-order valence-electron chi connectivity index (χ1n) is 5.92. The highest BCUT2D eigenvalue weighted by atomic mass is 35.5. The molecule has 100 valence electrons. The minimum Gasteiger partial charge on any atom is -0.469 e. The van der Waals surface area contributed by atoms with Crippen molar-refractivity contribution in [2.45, 2.75) is 19.3 Å². The average molecular weight is 279 g/mol. The number of methoxy groups -OCH3 is 1. The Balaban J connectivity index is 2.59. The monoisotopic (exact) mass is 278 g/mol. The van der Waals surface area contributed by atoms with E-state index in [0.717, 1.165) is 5.56 Å². The average Bonchev–Trinajstić information content (AvgIpc) is 2.45. The first-order valence-corrected chi connectivity index (χ1v) is 6.45. The molecule has 0 aliphatic rings. The Kier molecular flexibility index (Phi) is 6.70. The van der Waals surface area contributed by atoms with Crippen molar-refractivity contribution in [1.82, 2.24) is 0 Å². The lowest BCUT2D eigenvalue weighted by Crippen LogP contribution is -2.05. The van der Waals surface area contributed by atoms with Gasteiger partial charge < -0.3 is 4.74 Å². The Hall–Kier alpha value is -1.79. The molecule has 0 aliphatic heterocycles. The minimum absolute atomic E-state index is 0.0781. The molecule has 0 atom stereocenters. The molecule has 0 amide bonds. The number of benzene rings is 1. The summed E-state index contributed by atoms with van der Waals surface area (Å²) in [5.41, 5.74) is 1.42. The molecule has 0 aliphatic carbocycles. The summed E-state index contributed by atoms with van der Waals surface area (Å²) in [6.45, 7) is 0. The van der Waals surface area contributed by atoms with Crippen molar-refractivity contribution in [2.24, 2.45) is 0 Å². The molecule has 1 rings (SSSR count). The number of ketones is 1. The SMILES string of the molecule is COC(=O)CCC(=O)c1ccc(C#CCCCl)cc1. The van der Waals surface area contributed by atoms with Crippen LogP contribution in [0.3, 0.4) is 0 Å². The van der Waals surface area contributed by atoms with E-state index in [4.69, 9.17) is 11.6 Å². The van der Waals surface area contributed by atoms with E-state index >= 15 is 0 Å². The number of esters is 1. The van der Waals surface area contributed by atoms with E-state index in [1.54, 1.807) is 24.3 Å². The fourth-order valence-electron chi connectivity index (χ4n) is 1.41. The third kappa shape index (κ3) is 5.58. The van der Waals surface area contributed by atoms with Gasteiger partial charge >= 0.3 is 5.97 Å². The highest BCUT2D eigenvalue weighted by Gasteiger charge is 2.08. The summed E-state index contributed by atoms with van der Waals surface area (Å²) >= 11 is 5.52. The van der Waals surface area contributed by atoms with Gasteiger partial charge in [-0.2, -0.15) is 0 Å². The largest absolute Gasteiger partial charge is 0.469 e. The number of carbonyl (C=O) groups excluding carboxylic acids is 2. The van der Waals surface area contributed by atoms with E-state index in [1.807, 2.05) is 0 Å². The molecule has 0 saturated heterocycles. The first-order chi connectivity index (χ1) is 9.17. The molecule has 0 unspecified atom stereocenters. The summed E-state index contributed by atoms with van der Waals surface area (Å²) in [4.78, 5) is 22.7. The van der Waals surface area contributed by atoms with Gasteiger partial charge in [-0.05, 0) is 12.1 Å².